The zero-order valence-electron chi connectivity index (χ0n) is 11.2. The van der Waals surface area contributed by atoms with Crippen molar-refractivity contribution in [3.05, 3.63) is 47.8 Å². The van der Waals surface area contributed by atoms with Crippen molar-refractivity contribution in [3.8, 4) is 0 Å². The predicted molar refractivity (Wildman–Crippen MR) is 70.8 cm³/mol. The van der Waals surface area contributed by atoms with Crippen molar-refractivity contribution in [2.24, 2.45) is 0 Å². The van der Waals surface area contributed by atoms with Crippen molar-refractivity contribution in [1.29, 1.82) is 0 Å². The lowest BCUT2D eigenvalue weighted by Gasteiger charge is -2.13. The van der Waals surface area contributed by atoms with Gasteiger partial charge in [0.15, 0.2) is 0 Å². The molecule has 106 valence electrons. The lowest BCUT2D eigenvalue weighted by Crippen LogP contribution is -2.17. The van der Waals surface area contributed by atoms with E-state index in [2.05, 4.69) is 10.1 Å². The third-order valence-electron chi connectivity index (χ3n) is 3.09. The van der Waals surface area contributed by atoms with E-state index in [9.17, 15) is 14.3 Å². The number of hydrogen-bond donors (Lipinski definition) is 1. The second-order valence-electron chi connectivity index (χ2n) is 4.55. The average molecular weight is 277 g/mol. The predicted octanol–water partition coefficient (Wildman–Crippen LogP) is 2.24. The number of halogens is 1. The Kier molecular flexibility index (Phi) is 4.45. The summed E-state index contributed by atoms with van der Waals surface area (Å²) in [4.78, 5) is 15.5. The van der Waals surface area contributed by atoms with Gasteiger partial charge in [-0.25, -0.2) is 9.37 Å². The number of rotatable bonds is 6. The van der Waals surface area contributed by atoms with E-state index < -0.39 is 11.9 Å². The largest absolute Gasteiger partial charge is 0.481 e. The van der Waals surface area contributed by atoms with E-state index >= 15 is 0 Å². The summed E-state index contributed by atoms with van der Waals surface area (Å²) in [5.41, 5.74) is 0.560. The number of aryl methyl sites for hydroxylation is 1. The fourth-order valence-electron chi connectivity index (χ4n) is 2.07. The minimum atomic E-state index is -0.956. The molecule has 6 heteroatoms. The van der Waals surface area contributed by atoms with Crippen LogP contribution in [0.15, 0.2) is 30.6 Å². The standard InChI is InChI=1S/C14H16FN3O2/c1-2-7-18-13(16-9-17-18)8-12(14(19)20)10-3-5-11(15)6-4-10/h3-6,9,12H,2,7-8H2,1H3,(H,19,20). The Morgan fingerprint density at radius 1 is 1.40 bits per heavy atom. The molecule has 0 aliphatic rings. The number of hydrogen-bond acceptors (Lipinski definition) is 3. The summed E-state index contributed by atoms with van der Waals surface area (Å²) in [6, 6.07) is 5.52. The van der Waals surface area contributed by atoms with Gasteiger partial charge < -0.3 is 5.11 Å². The number of nitrogens with zero attached hydrogens (tertiary/aromatic N) is 3. The molecule has 0 fully saturated rings. The van der Waals surface area contributed by atoms with Crippen molar-refractivity contribution in [3.63, 3.8) is 0 Å². The quantitative estimate of drug-likeness (QED) is 0.879. The molecule has 1 N–H and O–H groups in total. The van der Waals surface area contributed by atoms with Crippen LogP contribution in [0, 0.1) is 5.82 Å². The normalized spacial score (nSPS) is 12.3. The number of benzene rings is 1. The van der Waals surface area contributed by atoms with Crippen LogP contribution in [0.4, 0.5) is 4.39 Å². The van der Waals surface area contributed by atoms with Crippen molar-refractivity contribution in [1.82, 2.24) is 14.8 Å². The van der Waals surface area contributed by atoms with E-state index in [0.29, 0.717) is 17.9 Å². The molecule has 0 saturated carbocycles. The van der Waals surface area contributed by atoms with Gasteiger partial charge in [0.1, 0.15) is 18.0 Å². The van der Waals surface area contributed by atoms with Gasteiger partial charge in [0, 0.05) is 13.0 Å². The van der Waals surface area contributed by atoms with Crippen LogP contribution in [-0.4, -0.2) is 25.8 Å². The number of aliphatic carboxylic acids is 1. The second kappa shape index (κ2) is 6.27. The van der Waals surface area contributed by atoms with Gasteiger partial charge in [0.05, 0.1) is 5.92 Å². The minimum absolute atomic E-state index is 0.237. The summed E-state index contributed by atoms with van der Waals surface area (Å²) in [7, 11) is 0. The third kappa shape index (κ3) is 3.20. The first-order valence-electron chi connectivity index (χ1n) is 6.46. The minimum Gasteiger partial charge on any atom is -0.481 e. The molecule has 20 heavy (non-hydrogen) atoms. The number of aromatic nitrogens is 3. The van der Waals surface area contributed by atoms with Crippen LogP contribution in [0.3, 0.4) is 0 Å². The number of carbonyl (C=O) groups is 1. The van der Waals surface area contributed by atoms with Crippen LogP contribution in [-0.2, 0) is 17.8 Å². The average Bonchev–Trinajstić information content (AvgIpc) is 2.85. The van der Waals surface area contributed by atoms with Gasteiger partial charge in [0.25, 0.3) is 0 Å². The highest BCUT2D eigenvalue weighted by molar-refractivity contribution is 5.76. The molecule has 0 amide bonds. The van der Waals surface area contributed by atoms with Gasteiger partial charge in [0.2, 0.25) is 0 Å². The highest BCUT2D eigenvalue weighted by Crippen LogP contribution is 2.21. The Labute approximate surface area is 116 Å². The number of carboxylic acids is 1. The summed E-state index contributed by atoms with van der Waals surface area (Å²) in [5.74, 6) is -1.46. The molecular formula is C14H16FN3O2. The zero-order valence-corrected chi connectivity index (χ0v) is 11.2. The van der Waals surface area contributed by atoms with Crippen molar-refractivity contribution in [2.75, 3.05) is 0 Å². The lowest BCUT2D eigenvalue weighted by atomic mass is 9.95. The molecule has 0 bridgehead atoms. The van der Waals surface area contributed by atoms with Gasteiger partial charge in [-0.05, 0) is 24.1 Å². The molecule has 2 rings (SSSR count). The summed E-state index contributed by atoms with van der Waals surface area (Å²) < 4.78 is 14.6. The Bertz CT molecular complexity index is 580. The SMILES string of the molecule is CCCn1ncnc1CC(C(=O)O)c1ccc(F)cc1. The molecule has 1 atom stereocenters. The van der Waals surface area contributed by atoms with Gasteiger partial charge >= 0.3 is 5.97 Å². The van der Waals surface area contributed by atoms with Crippen LogP contribution >= 0.6 is 0 Å². The molecular weight excluding hydrogens is 261 g/mol. The highest BCUT2D eigenvalue weighted by atomic mass is 19.1. The first kappa shape index (κ1) is 14.2. The van der Waals surface area contributed by atoms with Gasteiger partial charge in [-0.1, -0.05) is 19.1 Å². The molecule has 1 unspecified atom stereocenters. The van der Waals surface area contributed by atoms with E-state index in [0.717, 1.165) is 6.42 Å². The van der Waals surface area contributed by atoms with Crippen molar-refractivity contribution in [2.45, 2.75) is 32.2 Å². The second-order valence-corrected chi connectivity index (χ2v) is 4.55. The van der Waals surface area contributed by atoms with Crippen LogP contribution in [0.25, 0.3) is 0 Å². The van der Waals surface area contributed by atoms with Gasteiger partial charge in [-0.2, -0.15) is 5.10 Å². The van der Waals surface area contributed by atoms with Gasteiger partial charge in [-0.15, -0.1) is 0 Å². The molecule has 5 nitrogen and oxygen atoms in total. The summed E-state index contributed by atoms with van der Waals surface area (Å²) in [5, 5.41) is 13.4. The summed E-state index contributed by atoms with van der Waals surface area (Å²) in [6.45, 7) is 2.71. The summed E-state index contributed by atoms with van der Waals surface area (Å²) in [6.07, 6.45) is 2.56. The van der Waals surface area contributed by atoms with Crippen LogP contribution in [0.1, 0.15) is 30.7 Å². The fraction of sp³-hybridized carbons (Fsp3) is 0.357. The van der Waals surface area contributed by atoms with Crippen LogP contribution < -0.4 is 0 Å². The maximum absolute atomic E-state index is 12.9. The molecule has 0 aliphatic heterocycles. The van der Waals surface area contributed by atoms with Crippen molar-refractivity contribution >= 4 is 5.97 Å². The molecule has 0 aliphatic carbocycles. The highest BCUT2D eigenvalue weighted by Gasteiger charge is 2.22. The molecule has 1 heterocycles. The Balaban J connectivity index is 2.23. The Hall–Kier alpha value is -2.24. The maximum atomic E-state index is 12.9. The van der Waals surface area contributed by atoms with Gasteiger partial charge in [-0.3, -0.25) is 9.48 Å². The molecule has 0 saturated heterocycles. The Morgan fingerprint density at radius 2 is 2.10 bits per heavy atom. The Morgan fingerprint density at radius 3 is 2.70 bits per heavy atom. The topological polar surface area (TPSA) is 68.0 Å². The van der Waals surface area contributed by atoms with E-state index in [1.807, 2.05) is 6.92 Å². The fourth-order valence-corrected chi connectivity index (χ4v) is 2.07. The molecule has 0 spiro atoms. The van der Waals surface area contributed by atoms with Crippen LogP contribution in [0.5, 0.6) is 0 Å². The smallest absolute Gasteiger partial charge is 0.311 e. The first-order chi connectivity index (χ1) is 9.61. The van der Waals surface area contributed by atoms with E-state index in [1.165, 1.54) is 30.6 Å². The zero-order chi connectivity index (χ0) is 14.5. The summed E-state index contributed by atoms with van der Waals surface area (Å²) >= 11 is 0. The van der Waals surface area contributed by atoms with E-state index in [1.54, 1.807) is 4.68 Å². The first-order valence-corrected chi connectivity index (χ1v) is 6.46. The number of carboxylic acid groups (broad SMARTS) is 1. The van der Waals surface area contributed by atoms with Crippen LogP contribution in [0.2, 0.25) is 0 Å². The molecule has 1 aromatic carbocycles. The molecule has 2 aromatic rings. The molecule has 0 radical (unpaired) electrons. The van der Waals surface area contributed by atoms with E-state index in [-0.39, 0.29) is 12.2 Å². The monoisotopic (exact) mass is 277 g/mol. The lowest BCUT2D eigenvalue weighted by molar-refractivity contribution is -0.138. The van der Waals surface area contributed by atoms with Crippen molar-refractivity contribution < 1.29 is 14.3 Å². The third-order valence-corrected chi connectivity index (χ3v) is 3.09. The maximum Gasteiger partial charge on any atom is 0.311 e. The molecule has 1 aromatic heterocycles. The van der Waals surface area contributed by atoms with E-state index in [4.69, 9.17) is 0 Å².